The van der Waals surface area contributed by atoms with Crippen molar-refractivity contribution in [1.29, 1.82) is 0 Å². The molecule has 0 spiro atoms. The SMILES string of the molecule is CCC(=O)Nc1ccc(S(=O)(=O)NC[C@H](OCCO)c2ccc(C)cc2)c(C)c1. The van der Waals surface area contributed by atoms with Gasteiger partial charge < -0.3 is 15.2 Å². The van der Waals surface area contributed by atoms with Crippen molar-refractivity contribution in [2.24, 2.45) is 0 Å². The molecule has 0 aliphatic heterocycles. The topological polar surface area (TPSA) is 105 Å². The molecule has 0 fully saturated rings. The summed E-state index contributed by atoms with van der Waals surface area (Å²) in [6.45, 7) is 5.36. The Morgan fingerprint density at radius 1 is 1.14 bits per heavy atom. The Morgan fingerprint density at radius 2 is 1.83 bits per heavy atom. The molecule has 158 valence electrons. The van der Waals surface area contributed by atoms with E-state index in [-0.39, 0.29) is 30.6 Å². The molecule has 1 amide bonds. The van der Waals surface area contributed by atoms with E-state index in [2.05, 4.69) is 10.0 Å². The van der Waals surface area contributed by atoms with Gasteiger partial charge in [-0.1, -0.05) is 36.8 Å². The Kier molecular flexibility index (Phi) is 8.33. The Bertz CT molecular complexity index is 927. The van der Waals surface area contributed by atoms with Gasteiger partial charge in [-0.25, -0.2) is 13.1 Å². The minimum absolute atomic E-state index is 0.0269. The summed E-state index contributed by atoms with van der Waals surface area (Å²) < 4.78 is 33.8. The summed E-state index contributed by atoms with van der Waals surface area (Å²) >= 11 is 0. The van der Waals surface area contributed by atoms with E-state index in [4.69, 9.17) is 9.84 Å². The van der Waals surface area contributed by atoms with E-state index in [1.54, 1.807) is 26.0 Å². The summed E-state index contributed by atoms with van der Waals surface area (Å²) in [5.74, 6) is -0.139. The number of rotatable bonds is 10. The molecule has 0 saturated heterocycles. The van der Waals surface area contributed by atoms with Crippen molar-refractivity contribution in [3.63, 3.8) is 0 Å². The summed E-state index contributed by atoms with van der Waals surface area (Å²) in [6, 6.07) is 12.3. The lowest BCUT2D eigenvalue weighted by Gasteiger charge is -2.19. The molecular formula is C21H28N2O5S. The fraction of sp³-hybridized carbons (Fsp3) is 0.381. The third-order valence-corrected chi connectivity index (χ3v) is 5.97. The van der Waals surface area contributed by atoms with Crippen LogP contribution in [0, 0.1) is 13.8 Å². The maximum Gasteiger partial charge on any atom is 0.240 e. The van der Waals surface area contributed by atoms with Crippen molar-refractivity contribution in [2.45, 2.75) is 38.2 Å². The number of anilines is 1. The highest BCUT2D eigenvalue weighted by atomic mass is 32.2. The lowest BCUT2D eigenvalue weighted by molar-refractivity contribution is -0.115. The zero-order chi connectivity index (χ0) is 21.4. The standard InChI is InChI=1S/C21H28N2O5S/c1-4-21(25)23-18-9-10-20(16(3)13-18)29(26,27)22-14-19(28-12-11-24)17-7-5-15(2)6-8-17/h5-10,13,19,22,24H,4,11-12,14H2,1-3H3,(H,23,25)/t19-/m0/s1. The van der Waals surface area contributed by atoms with Gasteiger partial charge in [0.1, 0.15) is 0 Å². The van der Waals surface area contributed by atoms with Gasteiger partial charge in [0.25, 0.3) is 0 Å². The van der Waals surface area contributed by atoms with Gasteiger partial charge in [-0.05, 0) is 43.2 Å². The molecule has 0 heterocycles. The van der Waals surface area contributed by atoms with Crippen LogP contribution in [0.3, 0.4) is 0 Å². The van der Waals surface area contributed by atoms with Crippen LogP contribution in [-0.4, -0.2) is 39.2 Å². The summed E-state index contributed by atoms with van der Waals surface area (Å²) in [5, 5.41) is 11.8. The Labute approximate surface area is 172 Å². The van der Waals surface area contributed by atoms with Gasteiger partial charge in [-0.2, -0.15) is 0 Å². The van der Waals surface area contributed by atoms with Crippen LogP contribution in [0.4, 0.5) is 5.69 Å². The van der Waals surface area contributed by atoms with Gasteiger partial charge in [0, 0.05) is 18.7 Å². The molecule has 29 heavy (non-hydrogen) atoms. The number of carbonyl (C=O) groups excluding carboxylic acids is 1. The van der Waals surface area contributed by atoms with Gasteiger partial charge in [-0.3, -0.25) is 4.79 Å². The number of aliphatic hydroxyl groups excluding tert-OH is 1. The summed E-state index contributed by atoms with van der Waals surface area (Å²) in [4.78, 5) is 11.7. The van der Waals surface area contributed by atoms with E-state index in [0.29, 0.717) is 17.7 Å². The van der Waals surface area contributed by atoms with Crippen molar-refractivity contribution in [3.8, 4) is 0 Å². The van der Waals surface area contributed by atoms with Crippen LogP contribution in [0.1, 0.15) is 36.1 Å². The molecule has 0 bridgehead atoms. The third-order valence-electron chi connectivity index (χ3n) is 4.39. The molecule has 2 rings (SSSR count). The van der Waals surface area contributed by atoms with Gasteiger partial charge in [0.2, 0.25) is 15.9 Å². The summed E-state index contributed by atoms with van der Waals surface area (Å²) in [7, 11) is -3.78. The van der Waals surface area contributed by atoms with Gasteiger partial charge in [0.05, 0.1) is 24.2 Å². The highest BCUT2D eigenvalue weighted by molar-refractivity contribution is 7.89. The molecule has 0 saturated carbocycles. The predicted molar refractivity (Wildman–Crippen MR) is 112 cm³/mol. The molecule has 0 unspecified atom stereocenters. The van der Waals surface area contributed by atoms with Crippen LogP contribution in [0.5, 0.6) is 0 Å². The Hall–Kier alpha value is -2.26. The number of hydrogen-bond acceptors (Lipinski definition) is 5. The lowest BCUT2D eigenvalue weighted by Crippen LogP contribution is -2.30. The molecule has 3 N–H and O–H groups in total. The van der Waals surface area contributed by atoms with E-state index in [1.165, 1.54) is 6.07 Å². The third kappa shape index (κ3) is 6.64. The van der Waals surface area contributed by atoms with Crippen molar-refractivity contribution in [1.82, 2.24) is 4.72 Å². The van der Waals surface area contributed by atoms with Crippen molar-refractivity contribution in [3.05, 3.63) is 59.2 Å². The van der Waals surface area contributed by atoms with Gasteiger partial charge >= 0.3 is 0 Å². The molecule has 7 nitrogen and oxygen atoms in total. The number of aliphatic hydroxyl groups is 1. The lowest BCUT2D eigenvalue weighted by atomic mass is 10.1. The Balaban J connectivity index is 2.15. The van der Waals surface area contributed by atoms with Crippen LogP contribution >= 0.6 is 0 Å². The average Bonchev–Trinajstić information content (AvgIpc) is 2.68. The van der Waals surface area contributed by atoms with E-state index in [0.717, 1.165) is 11.1 Å². The zero-order valence-corrected chi connectivity index (χ0v) is 17.8. The molecule has 2 aromatic carbocycles. The fourth-order valence-electron chi connectivity index (χ4n) is 2.79. The van der Waals surface area contributed by atoms with E-state index in [1.807, 2.05) is 31.2 Å². The van der Waals surface area contributed by atoms with Crippen LogP contribution < -0.4 is 10.0 Å². The minimum Gasteiger partial charge on any atom is -0.394 e. The largest absolute Gasteiger partial charge is 0.394 e. The highest BCUT2D eigenvalue weighted by Gasteiger charge is 2.21. The molecule has 0 aromatic heterocycles. The molecular weight excluding hydrogens is 392 g/mol. The molecule has 0 radical (unpaired) electrons. The normalized spacial score (nSPS) is 12.6. The maximum absolute atomic E-state index is 12.8. The molecule has 0 aliphatic rings. The molecule has 8 heteroatoms. The van der Waals surface area contributed by atoms with E-state index in [9.17, 15) is 13.2 Å². The van der Waals surface area contributed by atoms with E-state index < -0.39 is 16.1 Å². The number of hydrogen-bond donors (Lipinski definition) is 3. The predicted octanol–water partition coefficient (Wildman–Crippen LogP) is 2.68. The first-order chi connectivity index (χ1) is 13.8. The Morgan fingerprint density at radius 3 is 2.41 bits per heavy atom. The second kappa shape index (κ2) is 10.5. The second-order valence-corrected chi connectivity index (χ2v) is 8.46. The number of benzene rings is 2. The van der Waals surface area contributed by atoms with Crippen LogP contribution in [0.15, 0.2) is 47.4 Å². The number of sulfonamides is 1. The van der Waals surface area contributed by atoms with E-state index >= 15 is 0 Å². The smallest absolute Gasteiger partial charge is 0.240 e. The number of ether oxygens (including phenoxy) is 1. The number of nitrogens with one attached hydrogen (secondary N) is 2. The maximum atomic E-state index is 12.8. The second-order valence-electron chi connectivity index (χ2n) is 6.73. The number of carbonyl (C=O) groups is 1. The average molecular weight is 421 g/mol. The minimum atomic E-state index is -3.78. The summed E-state index contributed by atoms with van der Waals surface area (Å²) in [6.07, 6.45) is -0.185. The van der Waals surface area contributed by atoms with Gasteiger partial charge in [0.15, 0.2) is 0 Å². The van der Waals surface area contributed by atoms with Gasteiger partial charge in [-0.15, -0.1) is 0 Å². The monoisotopic (exact) mass is 420 g/mol. The first-order valence-electron chi connectivity index (χ1n) is 9.46. The van der Waals surface area contributed by atoms with Crippen molar-refractivity contribution < 1.29 is 23.1 Å². The molecule has 0 aliphatic carbocycles. The quantitative estimate of drug-likeness (QED) is 0.548. The zero-order valence-electron chi connectivity index (χ0n) is 16.9. The van der Waals surface area contributed by atoms with Crippen LogP contribution in [-0.2, 0) is 19.6 Å². The summed E-state index contributed by atoms with van der Waals surface area (Å²) in [5.41, 5.74) is 2.98. The van der Waals surface area contributed by atoms with Crippen molar-refractivity contribution >= 4 is 21.6 Å². The van der Waals surface area contributed by atoms with Crippen LogP contribution in [0.25, 0.3) is 0 Å². The first-order valence-corrected chi connectivity index (χ1v) is 10.9. The fourth-order valence-corrected chi connectivity index (χ4v) is 4.05. The molecule has 2 aromatic rings. The van der Waals surface area contributed by atoms with Crippen LogP contribution in [0.2, 0.25) is 0 Å². The first kappa shape index (κ1) is 23.0. The number of amides is 1. The number of aryl methyl sites for hydroxylation is 2. The molecule has 1 atom stereocenters. The highest BCUT2D eigenvalue weighted by Crippen LogP contribution is 2.22. The van der Waals surface area contributed by atoms with Crippen molar-refractivity contribution in [2.75, 3.05) is 25.1 Å².